The zero-order valence-electron chi connectivity index (χ0n) is 12.1. The van der Waals surface area contributed by atoms with Gasteiger partial charge in [0.1, 0.15) is 10.8 Å². The Labute approximate surface area is 135 Å². The van der Waals surface area contributed by atoms with Crippen molar-refractivity contribution in [2.24, 2.45) is 0 Å². The number of hydrogen-bond acceptors (Lipinski definition) is 5. The average Bonchev–Trinajstić information content (AvgIpc) is 3.08. The van der Waals surface area contributed by atoms with Crippen molar-refractivity contribution in [1.82, 2.24) is 9.88 Å². The number of non-ortho nitro benzene ring substituents is 1. The number of nitro groups is 1. The molecule has 1 atom stereocenters. The van der Waals surface area contributed by atoms with E-state index in [1.807, 2.05) is 5.38 Å². The number of hydrogen-bond donors (Lipinski definition) is 0. The molecule has 0 radical (unpaired) electrons. The fourth-order valence-electron chi connectivity index (χ4n) is 2.78. The van der Waals surface area contributed by atoms with Gasteiger partial charge in [0.25, 0.3) is 11.6 Å². The molecule has 8 heteroatoms. The predicted molar refractivity (Wildman–Crippen MR) is 82.8 cm³/mol. The second-order valence-electron chi connectivity index (χ2n) is 5.30. The zero-order chi connectivity index (χ0) is 16.4. The number of nitrogens with zero attached hydrogens (tertiary/aromatic N) is 3. The number of carbonyl (C=O) groups excluding carboxylic acids is 1. The van der Waals surface area contributed by atoms with Crippen molar-refractivity contribution < 1.29 is 14.1 Å². The van der Waals surface area contributed by atoms with Crippen LogP contribution in [0.4, 0.5) is 10.1 Å². The van der Waals surface area contributed by atoms with Crippen LogP contribution in [0.5, 0.6) is 0 Å². The van der Waals surface area contributed by atoms with E-state index in [4.69, 9.17) is 0 Å². The summed E-state index contributed by atoms with van der Waals surface area (Å²) in [6, 6.07) is 2.96. The monoisotopic (exact) mass is 335 g/mol. The number of halogens is 1. The molecule has 1 unspecified atom stereocenters. The van der Waals surface area contributed by atoms with Gasteiger partial charge in [-0.25, -0.2) is 9.37 Å². The Morgan fingerprint density at radius 1 is 1.43 bits per heavy atom. The lowest BCUT2D eigenvalue weighted by Crippen LogP contribution is -2.38. The lowest BCUT2D eigenvalue weighted by molar-refractivity contribution is -0.385. The van der Waals surface area contributed by atoms with Gasteiger partial charge in [-0.15, -0.1) is 11.3 Å². The van der Waals surface area contributed by atoms with Gasteiger partial charge in [-0.05, 0) is 25.3 Å². The Bertz CT molecular complexity index is 736. The number of benzene rings is 1. The number of rotatable bonds is 3. The van der Waals surface area contributed by atoms with Crippen molar-refractivity contribution in [1.29, 1.82) is 0 Å². The van der Waals surface area contributed by atoms with Gasteiger partial charge in [-0.3, -0.25) is 14.9 Å². The molecule has 0 N–H and O–H groups in total. The van der Waals surface area contributed by atoms with Crippen LogP contribution in [0.25, 0.3) is 0 Å². The van der Waals surface area contributed by atoms with E-state index in [0.29, 0.717) is 6.54 Å². The number of likely N-dealkylation sites (tertiary alicyclic amines) is 1. The molecule has 1 aliphatic heterocycles. The number of piperidine rings is 1. The molecule has 2 aromatic rings. The van der Waals surface area contributed by atoms with E-state index in [-0.39, 0.29) is 17.3 Å². The van der Waals surface area contributed by atoms with Gasteiger partial charge in [0.05, 0.1) is 22.6 Å². The second kappa shape index (κ2) is 6.41. The number of thiazole rings is 1. The first-order chi connectivity index (χ1) is 11.1. The molecule has 0 saturated carbocycles. The average molecular weight is 335 g/mol. The SMILES string of the molecule is O=C(c1ccc([N+](=O)[O-])cc1F)N1CCCCC1c1nccs1. The van der Waals surface area contributed by atoms with Crippen LogP contribution in [0.1, 0.15) is 40.7 Å². The maximum Gasteiger partial charge on any atom is 0.272 e. The fourth-order valence-corrected chi connectivity index (χ4v) is 3.56. The lowest BCUT2D eigenvalue weighted by atomic mass is 10.0. The first-order valence-electron chi connectivity index (χ1n) is 7.22. The van der Waals surface area contributed by atoms with Gasteiger partial charge in [-0.1, -0.05) is 0 Å². The largest absolute Gasteiger partial charge is 0.329 e. The quantitative estimate of drug-likeness (QED) is 0.635. The summed E-state index contributed by atoms with van der Waals surface area (Å²) in [4.78, 5) is 28.6. The maximum atomic E-state index is 14.1. The zero-order valence-corrected chi connectivity index (χ0v) is 13.0. The molecule has 0 aliphatic carbocycles. The predicted octanol–water partition coefficient (Wildman–Crippen LogP) is 3.56. The van der Waals surface area contributed by atoms with Gasteiger partial charge < -0.3 is 4.90 Å². The van der Waals surface area contributed by atoms with Gasteiger partial charge in [0, 0.05) is 24.2 Å². The molecule has 120 valence electrons. The maximum absolute atomic E-state index is 14.1. The van der Waals surface area contributed by atoms with Crippen molar-refractivity contribution in [3.63, 3.8) is 0 Å². The molecule has 1 aliphatic rings. The summed E-state index contributed by atoms with van der Waals surface area (Å²) in [5.41, 5.74) is -0.506. The molecule has 6 nitrogen and oxygen atoms in total. The van der Waals surface area contributed by atoms with Crippen molar-refractivity contribution in [2.75, 3.05) is 6.54 Å². The Balaban J connectivity index is 1.90. The van der Waals surface area contributed by atoms with Crippen molar-refractivity contribution in [2.45, 2.75) is 25.3 Å². The minimum atomic E-state index is -0.868. The third-order valence-corrected chi connectivity index (χ3v) is 4.77. The van der Waals surface area contributed by atoms with Gasteiger partial charge in [-0.2, -0.15) is 0 Å². The Kier molecular flexibility index (Phi) is 4.33. The molecule has 0 spiro atoms. The Morgan fingerprint density at radius 2 is 2.26 bits per heavy atom. The first-order valence-corrected chi connectivity index (χ1v) is 8.10. The van der Waals surface area contributed by atoms with Crippen LogP contribution < -0.4 is 0 Å². The molecule has 1 amide bonds. The molecular weight excluding hydrogens is 321 g/mol. The highest BCUT2D eigenvalue weighted by Gasteiger charge is 2.31. The highest BCUT2D eigenvalue weighted by molar-refractivity contribution is 7.09. The molecule has 1 saturated heterocycles. The van der Waals surface area contributed by atoms with Crippen molar-refractivity contribution >= 4 is 22.9 Å². The number of nitro benzene ring substituents is 1. The molecule has 1 aromatic carbocycles. The number of amides is 1. The molecule has 2 heterocycles. The first kappa shape index (κ1) is 15.5. The normalized spacial score (nSPS) is 18.0. The van der Waals surface area contributed by atoms with Crippen LogP contribution in [0, 0.1) is 15.9 Å². The van der Waals surface area contributed by atoms with Crippen LogP contribution in [0.3, 0.4) is 0 Å². The summed E-state index contributed by atoms with van der Waals surface area (Å²) in [5, 5.41) is 13.4. The van der Waals surface area contributed by atoms with Crippen molar-refractivity contribution in [3.05, 3.63) is 56.3 Å². The van der Waals surface area contributed by atoms with E-state index in [0.717, 1.165) is 36.4 Å². The third-order valence-electron chi connectivity index (χ3n) is 3.89. The fraction of sp³-hybridized carbons (Fsp3) is 0.333. The molecular formula is C15H14FN3O3S. The van der Waals surface area contributed by atoms with E-state index in [2.05, 4.69) is 4.98 Å². The van der Waals surface area contributed by atoms with Crippen LogP contribution in [0.15, 0.2) is 29.8 Å². The van der Waals surface area contributed by atoms with Crippen LogP contribution in [0.2, 0.25) is 0 Å². The summed E-state index contributed by atoms with van der Waals surface area (Å²) >= 11 is 1.47. The number of carbonyl (C=O) groups is 1. The highest BCUT2D eigenvalue weighted by atomic mass is 32.1. The molecule has 1 aromatic heterocycles. The third kappa shape index (κ3) is 3.07. The van der Waals surface area contributed by atoms with E-state index < -0.39 is 16.6 Å². The summed E-state index contributed by atoms with van der Waals surface area (Å²) in [6.45, 7) is 0.527. The Morgan fingerprint density at radius 3 is 2.91 bits per heavy atom. The molecule has 1 fully saturated rings. The Hall–Kier alpha value is -2.35. The van der Waals surface area contributed by atoms with Crippen LogP contribution >= 0.6 is 11.3 Å². The van der Waals surface area contributed by atoms with Gasteiger partial charge >= 0.3 is 0 Å². The van der Waals surface area contributed by atoms with E-state index >= 15 is 0 Å². The molecule has 23 heavy (non-hydrogen) atoms. The summed E-state index contributed by atoms with van der Waals surface area (Å²) in [5.74, 6) is -1.31. The minimum absolute atomic E-state index is 0.140. The summed E-state index contributed by atoms with van der Waals surface area (Å²) < 4.78 is 14.1. The van der Waals surface area contributed by atoms with Crippen LogP contribution in [-0.4, -0.2) is 27.3 Å². The topological polar surface area (TPSA) is 76.3 Å². The van der Waals surface area contributed by atoms with Gasteiger partial charge in [0.2, 0.25) is 0 Å². The lowest BCUT2D eigenvalue weighted by Gasteiger charge is -2.34. The summed E-state index contributed by atoms with van der Waals surface area (Å²) in [6.07, 6.45) is 4.30. The minimum Gasteiger partial charge on any atom is -0.329 e. The smallest absolute Gasteiger partial charge is 0.272 e. The second-order valence-corrected chi connectivity index (χ2v) is 6.23. The standard InChI is InChI=1S/C15H14FN3O3S/c16-12-9-10(19(21)22)4-5-11(12)15(20)18-7-2-1-3-13(18)14-17-6-8-23-14/h4-6,8-9,13H,1-3,7H2. The molecule has 3 rings (SSSR count). The van der Waals surface area contributed by atoms with E-state index in [1.54, 1.807) is 11.1 Å². The highest BCUT2D eigenvalue weighted by Crippen LogP contribution is 2.33. The number of aromatic nitrogens is 1. The van der Waals surface area contributed by atoms with Gasteiger partial charge in [0.15, 0.2) is 0 Å². The van der Waals surface area contributed by atoms with E-state index in [9.17, 15) is 19.3 Å². The van der Waals surface area contributed by atoms with E-state index in [1.165, 1.54) is 17.4 Å². The summed E-state index contributed by atoms with van der Waals surface area (Å²) in [7, 11) is 0. The van der Waals surface area contributed by atoms with Crippen molar-refractivity contribution in [3.8, 4) is 0 Å². The molecule has 0 bridgehead atoms. The van der Waals surface area contributed by atoms with Crippen LogP contribution in [-0.2, 0) is 0 Å².